The molecule has 0 atom stereocenters. The highest BCUT2D eigenvalue weighted by molar-refractivity contribution is 7.18. The summed E-state index contributed by atoms with van der Waals surface area (Å²) in [5.74, 6) is 0.855. The molecule has 1 fully saturated rings. The molecule has 1 amide bonds. The number of fused-ring (bicyclic) bond motifs is 1. The lowest BCUT2D eigenvalue weighted by molar-refractivity contribution is -0.131. The third kappa shape index (κ3) is 4.26. The van der Waals surface area contributed by atoms with Crippen LogP contribution in [0.2, 0.25) is 0 Å². The van der Waals surface area contributed by atoms with Crippen molar-refractivity contribution < 1.29 is 4.79 Å². The number of hydrogen-bond donors (Lipinski definition) is 1. The number of anilines is 1. The predicted octanol–water partition coefficient (Wildman–Crippen LogP) is 2.76. The molecule has 1 aliphatic heterocycles. The fourth-order valence-corrected chi connectivity index (χ4v) is 4.23. The van der Waals surface area contributed by atoms with Gasteiger partial charge in [-0.3, -0.25) is 9.69 Å². The van der Waals surface area contributed by atoms with Gasteiger partial charge >= 0.3 is 0 Å². The second-order valence-corrected chi connectivity index (χ2v) is 8.03. The Bertz CT molecular complexity index is 919. The molecular weight excluding hydrogens is 358 g/mol. The molecule has 1 aromatic carbocycles. The molecule has 0 spiro atoms. The number of carbonyl (C=O) groups excluding carboxylic acids is 1. The van der Waals surface area contributed by atoms with Crippen molar-refractivity contribution in [3.8, 4) is 0 Å². The Kier molecular flexibility index (Phi) is 5.31. The molecule has 0 unspecified atom stereocenters. The Hall–Kier alpha value is -2.51. The Balaban J connectivity index is 1.29. The fourth-order valence-electron chi connectivity index (χ4n) is 3.39. The summed E-state index contributed by atoms with van der Waals surface area (Å²) < 4.78 is 0. The largest absolute Gasteiger partial charge is 0.360 e. The summed E-state index contributed by atoms with van der Waals surface area (Å²) in [5.41, 5.74) is 1.32. The number of nitrogens with one attached hydrogen (secondary N) is 1. The van der Waals surface area contributed by atoms with E-state index in [4.69, 9.17) is 0 Å². The van der Waals surface area contributed by atoms with E-state index in [0.717, 1.165) is 48.8 Å². The van der Waals surface area contributed by atoms with Gasteiger partial charge in [-0.1, -0.05) is 30.3 Å². The van der Waals surface area contributed by atoms with Gasteiger partial charge in [0.25, 0.3) is 0 Å². The number of aryl methyl sites for hydroxylation is 1. The minimum atomic E-state index is 0.119. The van der Waals surface area contributed by atoms with Crippen molar-refractivity contribution in [2.45, 2.75) is 13.5 Å². The van der Waals surface area contributed by atoms with Gasteiger partial charge in [0.1, 0.15) is 17.0 Å². The van der Waals surface area contributed by atoms with Gasteiger partial charge in [0.15, 0.2) is 0 Å². The van der Waals surface area contributed by atoms with Crippen molar-refractivity contribution in [3.63, 3.8) is 0 Å². The third-order valence-electron chi connectivity index (χ3n) is 4.83. The van der Waals surface area contributed by atoms with E-state index in [0.29, 0.717) is 0 Å². The monoisotopic (exact) mass is 381 g/mol. The molecule has 0 bridgehead atoms. The maximum absolute atomic E-state index is 12.6. The van der Waals surface area contributed by atoms with Crippen LogP contribution in [0.4, 0.5) is 5.82 Å². The van der Waals surface area contributed by atoms with E-state index in [1.54, 1.807) is 17.7 Å². The van der Waals surface area contributed by atoms with Crippen LogP contribution in [0.5, 0.6) is 0 Å². The molecule has 7 heteroatoms. The average Bonchev–Trinajstić information content (AvgIpc) is 3.08. The fraction of sp³-hybridized carbons (Fsp3) is 0.350. The van der Waals surface area contributed by atoms with Gasteiger partial charge in [-0.25, -0.2) is 9.97 Å². The third-order valence-corrected chi connectivity index (χ3v) is 5.79. The van der Waals surface area contributed by atoms with E-state index in [1.165, 1.54) is 10.4 Å². The molecule has 27 heavy (non-hydrogen) atoms. The summed E-state index contributed by atoms with van der Waals surface area (Å²) in [6, 6.07) is 12.5. The first-order valence-corrected chi connectivity index (χ1v) is 10.00. The number of thiophene rings is 1. The topological polar surface area (TPSA) is 61.4 Å². The normalized spacial score (nSPS) is 15.2. The molecule has 6 nitrogen and oxygen atoms in total. The minimum absolute atomic E-state index is 0.119. The van der Waals surface area contributed by atoms with Crippen molar-refractivity contribution in [2.75, 3.05) is 38.0 Å². The van der Waals surface area contributed by atoms with Crippen LogP contribution in [0.25, 0.3) is 10.2 Å². The zero-order chi connectivity index (χ0) is 18.6. The van der Waals surface area contributed by atoms with Crippen LogP contribution in [0.3, 0.4) is 0 Å². The lowest BCUT2D eigenvalue weighted by Crippen LogP contribution is -2.49. The molecule has 1 N–H and O–H groups in total. The number of amides is 1. The van der Waals surface area contributed by atoms with Crippen LogP contribution in [-0.2, 0) is 11.3 Å². The number of piperazine rings is 1. The molecule has 0 saturated carbocycles. The van der Waals surface area contributed by atoms with Gasteiger partial charge in [0.05, 0.1) is 11.9 Å². The first-order chi connectivity index (χ1) is 13.2. The molecule has 140 valence electrons. The molecule has 3 aromatic rings. The second kappa shape index (κ2) is 8.02. The highest BCUT2D eigenvalue weighted by Gasteiger charge is 2.21. The quantitative estimate of drug-likeness (QED) is 0.736. The number of nitrogens with zero attached hydrogens (tertiary/aromatic N) is 4. The van der Waals surface area contributed by atoms with Gasteiger partial charge < -0.3 is 10.2 Å². The summed E-state index contributed by atoms with van der Waals surface area (Å²) in [4.78, 5) is 27.6. The van der Waals surface area contributed by atoms with Gasteiger partial charge in [-0.15, -0.1) is 11.3 Å². The summed E-state index contributed by atoms with van der Waals surface area (Å²) in [6.45, 7) is 6.60. The number of benzene rings is 1. The zero-order valence-corrected chi connectivity index (χ0v) is 16.2. The smallest absolute Gasteiger partial charge is 0.242 e. The number of rotatable bonds is 5. The van der Waals surface area contributed by atoms with Gasteiger partial charge in [-0.2, -0.15) is 0 Å². The van der Waals surface area contributed by atoms with E-state index in [1.807, 2.05) is 11.0 Å². The molecule has 1 saturated heterocycles. The van der Waals surface area contributed by atoms with Crippen molar-refractivity contribution in [2.24, 2.45) is 0 Å². The van der Waals surface area contributed by atoms with Crippen molar-refractivity contribution >= 4 is 33.3 Å². The standard InChI is InChI=1S/C20H23N5OS/c1-15-11-17-19(22-14-23-20(17)27-15)21-12-18(26)25-9-7-24(8-10-25)13-16-5-3-2-4-6-16/h2-6,11,14H,7-10,12-13H2,1H3,(H,21,22,23). The van der Waals surface area contributed by atoms with E-state index in [-0.39, 0.29) is 12.5 Å². The summed E-state index contributed by atoms with van der Waals surface area (Å²) in [6.07, 6.45) is 1.55. The highest BCUT2D eigenvalue weighted by Crippen LogP contribution is 2.27. The van der Waals surface area contributed by atoms with Crippen LogP contribution < -0.4 is 5.32 Å². The van der Waals surface area contributed by atoms with E-state index in [9.17, 15) is 4.79 Å². The molecule has 4 rings (SSSR count). The molecule has 0 aliphatic carbocycles. The Morgan fingerprint density at radius 3 is 2.70 bits per heavy atom. The number of carbonyl (C=O) groups is 1. The summed E-state index contributed by atoms with van der Waals surface area (Å²) in [5, 5.41) is 4.19. The Morgan fingerprint density at radius 1 is 1.15 bits per heavy atom. The summed E-state index contributed by atoms with van der Waals surface area (Å²) >= 11 is 1.64. The number of hydrogen-bond acceptors (Lipinski definition) is 6. The van der Waals surface area contributed by atoms with Gasteiger partial charge in [-0.05, 0) is 18.6 Å². The van der Waals surface area contributed by atoms with Crippen LogP contribution in [-0.4, -0.2) is 58.4 Å². The SMILES string of the molecule is Cc1cc2c(NCC(=O)N3CCN(Cc4ccccc4)CC3)ncnc2s1. The Labute approximate surface area is 162 Å². The molecular formula is C20H23N5OS. The first-order valence-electron chi connectivity index (χ1n) is 9.18. The van der Waals surface area contributed by atoms with Crippen molar-refractivity contribution in [3.05, 3.63) is 53.2 Å². The molecule has 2 aromatic heterocycles. The lowest BCUT2D eigenvalue weighted by Gasteiger charge is -2.34. The predicted molar refractivity (Wildman–Crippen MR) is 109 cm³/mol. The zero-order valence-electron chi connectivity index (χ0n) is 15.4. The van der Waals surface area contributed by atoms with Crippen molar-refractivity contribution in [1.82, 2.24) is 19.8 Å². The molecule has 1 aliphatic rings. The van der Waals surface area contributed by atoms with Crippen LogP contribution >= 0.6 is 11.3 Å². The van der Waals surface area contributed by atoms with Crippen LogP contribution in [0, 0.1) is 6.92 Å². The average molecular weight is 382 g/mol. The highest BCUT2D eigenvalue weighted by atomic mass is 32.1. The van der Waals surface area contributed by atoms with Gasteiger partial charge in [0.2, 0.25) is 5.91 Å². The second-order valence-electron chi connectivity index (χ2n) is 6.79. The lowest BCUT2D eigenvalue weighted by atomic mass is 10.2. The molecule has 3 heterocycles. The minimum Gasteiger partial charge on any atom is -0.360 e. The maximum Gasteiger partial charge on any atom is 0.242 e. The van der Waals surface area contributed by atoms with E-state index in [2.05, 4.69) is 57.4 Å². The Morgan fingerprint density at radius 2 is 1.93 bits per heavy atom. The summed E-state index contributed by atoms with van der Waals surface area (Å²) in [7, 11) is 0. The maximum atomic E-state index is 12.6. The number of aromatic nitrogens is 2. The van der Waals surface area contributed by atoms with Crippen LogP contribution in [0.15, 0.2) is 42.7 Å². The van der Waals surface area contributed by atoms with Gasteiger partial charge in [0, 0.05) is 37.6 Å². The van der Waals surface area contributed by atoms with Crippen LogP contribution in [0.1, 0.15) is 10.4 Å². The molecule has 0 radical (unpaired) electrons. The van der Waals surface area contributed by atoms with Crippen molar-refractivity contribution in [1.29, 1.82) is 0 Å². The first kappa shape index (κ1) is 17.9. The van der Waals surface area contributed by atoms with E-state index < -0.39 is 0 Å². The van der Waals surface area contributed by atoms with E-state index >= 15 is 0 Å².